The van der Waals surface area contributed by atoms with E-state index in [1.807, 2.05) is 18.3 Å². The zero-order chi connectivity index (χ0) is 11.8. The summed E-state index contributed by atoms with van der Waals surface area (Å²) in [5, 5.41) is 8.11. The number of aromatic nitrogens is 3. The minimum absolute atomic E-state index is 0.522. The van der Waals surface area contributed by atoms with Crippen LogP contribution in [0.4, 0.5) is 0 Å². The molecule has 0 unspecified atom stereocenters. The summed E-state index contributed by atoms with van der Waals surface area (Å²) in [4.78, 5) is 11.8. The van der Waals surface area contributed by atoms with Gasteiger partial charge < -0.3 is 0 Å². The first-order valence-corrected chi connectivity index (χ1v) is 6.03. The fourth-order valence-corrected chi connectivity index (χ4v) is 2.66. The second kappa shape index (κ2) is 3.94. The van der Waals surface area contributed by atoms with Gasteiger partial charge in [-0.25, -0.2) is 0 Å². The zero-order valence-electron chi connectivity index (χ0n) is 8.50. The molecule has 3 aromatic heterocycles. The second-order valence-corrected chi connectivity index (χ2v) is 5.12. The van der Waals surface area contributed by atoms with Crippen molar-refractivity contribution in [3.8, 4) is 10.7 Å². The van der Waals surface area contributed by atoms with Crippen molar-refractivity contribution in [3.63, 3.8) is 0 Å². The number of nitrogens with zero attached hydrogens (tertiary/aromatic N) is 3. The van der Waals surface area contributed by atoms with E-state index in [-0.39, 0.29) is 0 Å². The first-order valence-electron chi connectivity index (χ1n) is 4.84. The third kappa shape index (κ3) is 1.64. The fraction of sp³-hybridized carbons (Fsp3) is 0. The molecule has 0 atom stereocenters. The van der Waals surface area contributed by atoms with Gasteiger partial charge in [0.25, 0.3) is 0 Å². The monoisotopic (exact) mass is 263 g/mol. The summed E-state index contributed by atoms with van der Waals surface area (Å²) in [7, 11) is 0. The Labute approximate surface area is 105 Å². The van der Waals surface area contributed by atoms with E-state index in [1.165, 1.54) is 11.3 Å². The molecule has 0 radical (unpaired) electrons. The highest BCUT2D eigenvalue weighted by molar-refractivity contribution is 7.19. The molecule has 3 rings (SSSR count). The Hall–Kier alpha value is -1.72. The van der Waals surface area contributed by atoms with Gasteiger partial charge in [0, 0.05) is 6.20 Å². The average molecular weight is 264 g/mol. The lowest BCUT2D eigenvalue weighted by Crippen LogP contribution is -1.91. The summed E-state index contributed by atoms with van der Waals surface area (Å²) in [5.74, 6) is 0.695. The van der Waals surface area contributed by atoms with Crippen molar-refractivity contribution in [2.24, 2.45) is 0 Å². The SMILES string of the molecule is O=Cc1cccn2c(-c3ccc(Cl)s3)nnc12. The van der Waals surface area contributed by atoms with Crippen molar-refractivity contribution in [1.29, 1.82) is 0 Å². The number of rotatable bonds is 2. The number of aldehydes is 1. The Balaban J connectivity index is 2.28. The van der Waals surface area contributed by atoms with E-state index < -0.39 is 0 Å². The van der Waals surface area contributed by atoms with E-state index in [4.69, 9.17) is 11.6 Å². The van der Waals surface area contributed by atoms with Crippen LogP contribution in [0.15, 0.2) is 30.5 Å². The minimum atomic E-state index is 0.522. The predicted octanol–water partition coefficient (Wildman–Crippen LogP) is 2.92. The molecule has 4 nitrogen and oxygen atoms in total. The van der Waals surface area contributed by atoms with Crippen molar-refractivity contribution in [2.75, 3.05) is 0 Å². The van der Waals surface area contributed by atoms with E-state index >= 15 is 0 Å². The molecule has 0 bridgehead atoms. The van der Waals surface area contributed by atoms with Gasteiger partial charge in [-0.15, -0.1) is 21.5 Å². The van der Waals surface area contributed by atoms with E-state index in [0.29, 0.717) is 21.4 Å². The Kier molecular flexibility index (Phi) is 2.42. The third-order valence-electron chi connectivity index (χ3n) is 2.39. The van der Waals surface area contributed by atoms with Crippen LogP contribution in [0.1, 0.15) is 10.4 Å². The first-order chi connectivity index (χ1) is 8.29. The van der Waals surface area contributed by atoms with E-state index in [9.17, 15) is 4.79 Å². The van der Waals surface area contributed by atoms with Crippen molar-refractivity contribution >= 4 is 34.9 Å². The van der Waals surface area contributed by atoms with E-state index in [1.54, 1.807) is 16.5 Å². The molecule has 17 heavy (non-hydrogen) atoms. The third-order valence-corrected chi connectivity index (χ3v) is 3.61. The molecule has 0 saturated heterocycles. The molecule has 0 aromatic carbocycles. The maximum absolute atomic E-state index is 10.9. The van der Waals surface area contributed by atoms with Crippen LogP contribution in [0.25, 0.3) is 16.3 Å². The standard InChI is InChI=1S/C11H6ClN3OS/c12-9-4-3-8(17-9)11-14-13-10-7(6-16)2-1-5-15(10)11/h1-6H. The quantitative estimate of drug-likeness (QED) is 0.668. The highest BCUT2D eigenvalue weighted by Crippen LogP contribution is 2.30. The summed E-state index contributed by atoms with van der Waals surface area (Å²) in [6.07, 6.45) is 2.60. The molecule has 84 valence electrons. The summed E-state index contributed by atoms with van der Waals surface area (Å²) in [6.45, 7) is 0. The van der Waals surface area contributed by atoms with Crippen LogP contribution in [-0.2, 0) is 0 Å². The van der Waals surface area contributed by atoms with Crippen LogP contribution >= 0.6 is 22.9 Å². The van der Waals surface area contributed by atoms with Gasteiger partial charge in [0.05, 0.1) is 14.8 Å². The molecule has 3 heterocycles. The Morgan fingerprint density at radius 2 is 2.18 bits per heavy atom. The van der Waals surface area contributed by atoms with Crippen LogP contribution < -0.4 is 0 Å². The molecule has 0 aliphatic rings. The van der Waals surface area contributed by atoms with Gasteiger partial charge >= 0.3 is 0 Å². The van der Waals surface area contributed by atoms with Gasteiger partial charge in [-0.3, -0.25) is 9.20 Å². The summed E-state index contributed by atoms with van der Waals surface area (Å²) >= 11 is 7.32. The van der Waals surface area contributed by atoms with Crippen molar-refractivity contribution in [1.82, 2.24) is 14.6 Å². The maximum Gasteiger partial charge on any atom is 0.178 e. The lowest BCUT2D eigenvalue weighted by Gasteiger charge is -1.97. The van der Waals surface area contributed by atoms with Crippen molar-refractivity contribution in [2.45, 2.75) is 0 Å². The Morgan fingerprint density at radius 1 is 1.29 bits per heavy atom. The molecule has 0 N–H and O–H groups in total. The summed E-state index contributed by atoms with van der Waals surface area (Å²) in [5.41, 5.74) is 1.08. The van der Waals surface area contributed by atoms with Gasteiger partial charge in [-0.1, -0.05) is 11.6 Å². The topological polar surface area (TPSA) is 47.3 Å². The van der Waals surface area contributed by atoms with Crippen LogP contribution in [0.5, 0.6) is 0 Å². The van der Waals surface area contributed by atoms with Crippen molar-refractivity contribution in [3.05, 3.63) is 40.4 Å². The number of carbonyl (C=O) groups excluding carboxylic acids is 1. The predicted molar refractivity (Wildman–Crippen MR) is 66.7 cm³/mol. The van der Waals surface area contributed by atoms with E-state index in [0.717, 1.165) is 11.2 Å². The molecule has 6 heteroatoms. The maximum atomic E-state index is 10.9. The highest BCUT2D eigenvalue weighted by Gasteiger charge is 2.12. The average Bonchev–Trinajstić information content (AvgIpc) is 2.94. The van der Waals surface area contributed by atoms with Gasteiger partial charge in [-0.05, 0) is 24.3 Å². The molecule has 0 spiro atoms. The number of pyridine rings is 1. The number of fused-ring (bicyclic) bond motifs is 1. The van der Waals surface area contributed by atoms with Gasteiger partial charge in [0.2, 0.25) is 0 Å². The number of hydrogen-bond donors (Lipinski definition) is 0. The number of thiophene rings is 1. The van der Waals surface area contributed by atoms with E-state index in [2.05, 4.69) is 10.2 Å². The molecule has 0 aliphatic heterocycles. The molecule has 0 aliphatic carbocycles. The fourth-order valence-electron chi connectivity index (χ4n) is 1.63. The largest absolute Gasteiger partial charge is 0.298 e. The Bertz CT molecular complexity index is 704. The number of halogens is 1. The van der Waals surface area contributed by atoms with Gasteiger partial charge in [0.15, 0.2) is 17.8 Å². The first kappa shape index (κ1) is 10.4. The summed E-state index contributed by atoms with van der Waals surface area (Å²) < 4.78 is 2.48. The molecule has 0 fully saturated rings. The van der Waals surface area contributed by atoms with Crippen LogP contribution in [0.3, 0.4) is 0 Å². The van der Waals surface area contributed by atoms with Gasteiger partial charge in [0.1, 0.15) is 0 Å². The normalized spacial score (nSPS) is 10.9. The highest BCUT2D eigenvalue weighted by atomic mass is 35.5. The molecule has 0 amide bonds. The molecular formula is C11H6ClN3OS. The number of hydrogen-bond acceptors (Lipinski definition) is 4. The minimum Gasteiger partial charge on any atom is -0.298 e. The van der Waals surface area contributed by atoms with Crippen LogP contribution in [-0.4, -0.2) is 20.9 Å². The lowest BCUT2D eigenvalue weighted by molar-refractivity contribution is 0.112. The zero-order valence-corrected chi connectivity index (χ0v) is 10.1. The summed E-state index contributed by atoms with van der Waals surface area (Å²) in [6, 6.07) is 7.20. The molecular weight excluding hydrogens is 258 g/mol. The smallest absolute Gasteiger partial charge is 0.178 e. The molecule has 3 aromatic rings. The van der Waals surface area contributed by atoms with Crippen LogP contribution in [0.2, 0.25) is 4.34 Å². The van der Waals surface area contributed by atoms with Gasteiger partial charge in [-0.2, -0.15) is 0 Å². The van der Waals surface area contributed by atoms with Crippen LogP contribution in [0, 0.1) is 0 Å². The lowest BCUT2D eigenvalue weighted by atomic mass is 10.3. The number of carbonyl (C=O) groups is 1. The Morgan fingerprint density at radius 3 is 2.88 bits per heavy atom. The van der Waals surface area contributed by atoms with Crippen molar-refractivity contribution < 1.29 is 4.79 Å². The molecule has 0 saturated carbocycles. The second-order valence-electron chi connectivity index (χ2n) is 3.40.